The molecule has 0 aliphatic rings. The molecule has 150 heavy (non-hydrogen) atoms. The van der Waals surface area contributed by atoms with Crippen molar-refractivity contribution in [3.05, 3.63) is 0 Å². The molecule has 0 aliphatic carbocycles. The maximum Gasteiger partial charge on any atom is 0.0146 e. The van der Waals surface area contributed by atoms with Gasteiger partial charge in [0, 0.05) is 93.8 Å². The van der Waals surface area contributed by atoms with E-state index >= 15 is 0 Å². The highest BCUT2D eigenvalue weighted by Crippen LogP contribution is 2.22. The van der Waals surface area contributed by atoms with Gasteiger partial charge in [0.05, 0.1) is 0 Å². The zero-order valence-electron chi connectivity index (χ0n) is 108. The number of unbranched alkanes of at least 4 members (excludes halogenated alkanes) is 80. The average molecular weight is 2080 g/mol. The lowest BCUT2D eigenvalue weighted by atomic mass is 10.0. The summed E-state index contributed by atoms with van der Waals surface area (Å²) in [6.07, 6.45) is 154. The Kier molecular flexibility index (Phi) is 179. The van der Waals surface area contributed by atoms with Crippen LogP contribution in [0.25, 0.3) is 0 Å². The fraction of sp³-hybridized carbons (Fsp3) is 0.867. The summed E-state index contributed by atoms with van der Waals surface area (Å²) in [5.41, 5.74) is 0. The van der Waals surface area contributed by atoms with Crippen LogP contribution in [-0.4, -0.2) is 0 Å². The van der Waals surface area contributed by atoms with Crippen molar-refractivity contribution in [2.75, 3.05) is 0 Å². The van der Waals surface area contributed by atoms with Crippen LogP contribution in [0.4, 0.5) is 0 Å². The Morgan fingerprint density at radius 2 is 0.200 bits per heavy atom. The molecule has 0 bridgehead atoms. The number of terminal acetylenes is 5. The van der Waals surface area contributed by atoms with E-state index in [4.69, 9.17) is 32.1 Å². The molecule has 0 fully saturated rings. The second-order valence-electron chi connectivity index (χ2n) is 48.3. The molecule has 0 nitrogen and oxygen atoms in total. The van der Waals surface area contributed by atoms with E-state index in [1.165, 1.54) is 546 Å². The van der Waals surface area contributed by atoms with Crippen molar-refractivity contribution in [3.8, 4) is 121 Å². The molecule has 0 N–H and O–H groups in total. The molecule has 0 heteroatoms. The normalized spacial score (nSPS) is 10.3. The number of rotatable bonds is 90. The van der Waals surface area contributed by atoms with Crippen LogP contribution in [0.3, 0.4) is 0 Å². The van der Waals surface area contributed by atoms with Crippen LogP contribution in [0, 0.1) is 180 Å². The Labute approximate surface area is 956 Å². The monoisotopic (exact) mass is 2080 g/mol. The van der Waals surface area contributed by atoms with Crippen LogP contribution in [0.2, 0.25) is 0 Å². The quantitative estimate of drug-likeness (QED) is 0.0421. The van der Waals surface area contributed by atoms with Gasteiger partial charge in [-0.15, -0.1) is 121 Å². The van der Waals surface area contributed by atoms with Gasteiger partial charge in [-0.05, 0) is 93.8 Å². The topological polar surface area (TPSA) is 0 Å². The first kappa shape index (κ1) is 166. The molecule has 0 radical (unpaired) electrons. The lowest BCUT2D eigenvalue weighted by molar-refractivity contribution is 0.505. The lowest BCUT2D eigenvalue weighted by Gasteiger charge is -2.04. The number of hydrogen-bond acceptors (Lipinski definition) is 0. The highest BCUT2D eigenvalue weighted by molar-refractivity contribution is 5.04. The predicted octanol–water partition coefficient (Wildman–Crippen LogP) is 51.8. The van der Waals surface area contributed by atoms with Gasteiger partial charge >= 0.3 is 0 Å². The molecule has 880 valence electrons. The molecule has 0 aromatic heterocycles. The molecule has 0 saturated carbocycles. The van der Waals surface area contributed by atoms with Gasteiger partial charge in [-0.1, -0.05) is 655 Å². The Morgan fingerprint density at radius 1 is 0.113 bits per heavy atom. The van der Waals surface area contributed by atoms with Gasteiger partial charge in [0.25, 0.3) is 0 Å². The van der Waals surface area contributed by atoms with E-state index < -0.39 is 0 Å². The first-order chi connectivity index (χ1) is 72.7. The maximum absolute atomic E-state index is 5.22. The van der Waals surface area contributed by atoms with Crippen LogP contribution >= 0.6 is 0 Å². The maximum atomic E-state index is 5.22. The second-order valence-corrected chi connectivity index (χ2v) is 48.3. The van der Waals surface area contributed by atoms with Crippen LogP contribution in [0.5, 0.6) is 0 Å². The summed E-state index contributed by atoms with van der Waals surface area (Å²) in [6, 6.07) is 0. The summed E-state index contributed by atoms with van der Waals surface area (Å²) < 4.78 is 0. The largest absolute Gasteiger partial charge is 0.120 e. The van der Waals surface area contributed by atoms with Crippen molar-refractivity contribution in [2.45, 2.75) is 783 Å². The van der Waals surface area contributed by atoms with Crippen molar-refractivity contribution >= 4 is 0 Å². The van der Waals surface area contributed by atoms with Crippen molar-refractivity contribution in [2.24, 2.45) is 59.2 Å². The Bertz CT molecular complexity index is 2920. The van der Waals surface area contributed by atoms with Crippen LogP contribution < -0.4 is 0 Å². The van der Waals surface area contributed by atoms with Gasteiger partial charge < -0.3 is 0 Å². The van der Waals surface area contributed by atoms with Gasteiger partial charge in [0.2, 0.25) is 0 Å². The molecule has 0 aromatic carbocycles. The average Bonchev–Trinajstić information content (AvgIpc) is 1.10. The lowest BCUT2D eigenvalue weighted by Crippen LogP contribution is -1.87. The van der Waals surface area contributed by atoms with Crippen LogP contribution in [0.1, 0.15) is 783 Å². The van der Waals surface area contributed by atoms with Crippen molar-refractivity contribution in [1.29, 1.82) is 0 Å². The molecule has 0 amide bonds. The van der Waals surface area contributed by atoms with E-state index in [2.05, 4.69) is 262 Å². The summed E-state index contributed by atoms with van der Waals surface area (Å²) in [5, 5.41) is 0. The van der Waals surface area contributed by atoms with Gasteiger partial charge in [-0.25, -0.2) is 0 Å². The zero-order chi connectivity index (χ0) is 114. The fourth-order valence-electron chi connectivity index (χ4n) is 17.3. The van der Waals surface area contributed by atoms with Crippen LogP contribution in [-0.2, 0) is 0 Å². The van der Waals surface area contributed by atoms with E-state index in [0.29, 0.717) is 29.6 Å². The first-order valence-corrected chi connectivity index (χ1v) is 67.3. The summed E-state index contributed by atoms with van der Waals surface area (Å²) in [5.74, 6) is 52.9. The fourth-order valence-corrected chi connectivity index (χ4v) is 17.3. The molecule has 0 atom stereocenters. The van der Waals surface area contributed by atoms with E-state index in [9.17, 15) is 0 Å². The van der Waals surface area contributed by atoms with E-state index in [0.717, 1.165) is 93.8 Å². The molecular formula is C150H280. The standard InChI is InChI=1S/2C17H32.2C16H30.2C15H28.2C14H26.2C13H24/c2*1-4-5-6-7-8-9-10-11-12-13-14-15-16-17(2)3;2*1-4-5-6-7-8-9-10-11-12-13-14-15-16(2)3;2*1-4-5-6-7-8-9-10-11-12-13-14-15(2)3;2*1-4-5-6-7-8-9-10-11-12-13-14(2)3;2*1-4-5-6-7-8-9-10-11-12-13(2)3/h17H,4-14H2,1-3H3;1,17H,5-16H2,2-3H3;16H,4-13H2,1-3H3;1,16H,5-15H2,2-3H3;15H,4-12H2,1-3H3;1,15H,5-14H2,2-3H3;14H,4-11H2,1-3H3;1,14H,5-13H2,2-3H3;13H,4-10H2,1-3H3;1,13H,5-12H2,2-3H3. The molecule has 0 aliphatic heterocycles. The molecular weight excluding hydrogens is 1800 g/mol. The first-order valence-electron chi connectivity index (χ1n) is 67.3. The van der Waals surface area contributed by atoms with Gasteiger partial charge in [0.15, 0.2) is 0 Å². The highest BCUT2D eigenvalue weighted by atomic mass is 14.1. The minimum absolute atomic E-state index is 0.540. The predicted molar refractivity (Wildman–Crippen MR) is 698 cm³/mol. The molecule has 0 saturated heterocycles. The molecule has 0 unspecified atom stereocenters. The van der Waals surface area contributed by atoms with Gasteiger partial charge in [0.1, 0.15) is 0 Å². The molecule has 0 spiro atoms. The minimum atomic E-state index is 0.540. The Morgan fingerprint density at radius 3 is 0.287 bits per heavy atom. The zero-order valence-corrected chi connectivity index (χ0v) is 108. The number of hydrogen-bond donors (Lipinski definition) is 0. The third-order valence-corrected chi connectivity index (χ3v) is 27.0. The van der Waals surface area contributed by atoms with Crippen LogP contribution in [0.15, 0.2) is 0 Å². The molecule has 0 heterocycles. The third-order valence-electron chi connectivity index (χ3n) is 27.0. The summed E-state index contributed by atoms with van der Waals surface area (Å²) in [7, 11) is 0. The van der Waals surface area contributed by atoms with Gasteiger partial charge in [-0.2, -0.15) is 0 Å². The van der Waals surface area contributed by atoms with E-state index in [1.807, 2.05) is 0 Å². The van der Waals surface area contributed by atoms with E-state index in [-0.39, 0.29) is 0 Å². The minimum Gasteiger partial charge on any atom is -0.120 e. The van der Waals surface area contributed by atoms with E-state index in [1.54, 1.807) is 0 Å². The second kappa shape index (κ2) is 162. The summed E-state index contributed by atoms with van der Waals surface area (Å²) >= 11 is 0. The smallest absolute Gasteiger partial charge is 0.0146 e. The Balaban J connectivity index is -0.000000182. The van der Waals surface area contributed by atoms with Crippen molar-refractivity contribution < 1.29 is 0 Å². The van der Waals surface area contributed by atoms with Gasteiger partial charge in [-0.3, -0.25) is 0 Å². The van der Waals surface area contributed by atoms with Crippen molar-refractivity contribution in [3.63, 3.8) is 0 Å². The summed E-state index contributed by atoms with van der Waals surface area (Å²) in [4.78, 5) is 0. The third kappa shape index (κ3) is 219. The SMILES string of the molecule is C#CCCCCCCCCC(C)C.C#CCCCCCCCCCC(C)C.C#CCCCCCCCCCCC(C)C.C#CCCCCCCCCCCCC(C)C.C#CCCCCCCCCCCCCC(C)C.CCCCCCCCC#CC(C)C.CCCCCCCCCC#CC(C)C.CCCCCCCCCCC#CC(C)C.CCCCCCCCCCCC#CC(C)C.CCCCCCCCCCCCC#CC(C)C. The Hall–Kier alpha value is -4.40. The summed E-state index contributed by atoms with van der Waals surface area (Å²) in [6.45, 7) is 56.0. The van der Waals surface area contributed by atoms with Crippen molar-refractivity contribution in [1.82, 2.24) is 0 Å². The molecule has 0 aromatic rings. The highest BCUT2D eigenvalue weighted by Gasteiger charge is 2.04. The molecule has 0 rings (SSSR count).